The number of hydrogen-bond acceptors (Lipinski definition) is 5. The van der Waals surface area contributed by atoms with Crippen LogP contribution in [0.4, 0.5) is 5.69 Å². The van der Waals surface area contributed by atoms with Crippen LogP contribution in [0.5, 0.6) is 0 Å². The number of rotatable bonds is 7. The van der Waals surface area contributed by atoms with Crippen LogP contribution < -0.4 is 10.1 Å². The van der Waals surface area contributed by atoms with Gasteiger partial charge in [-0.05, 0) is 48.2 Å². The van der Waals surface area contributed by atoms with Crippen LogP contribution in [-0.4, -0.2) is 28.9 Å². The molecule has 0 radical (unpaired) electrons. The van der Waals surface area contributed by atoms with Crippen molar-refractivity contribution >= 4 is 15.5 Å². The van der Waals surface area contributed by atoms with Gasteiger partial charge in [0.15, 0.2) is 28.1 Å². The number of sulfone groups is 1. The molecule has 2 aromatic heterocycles. The Morgan fingerprint density at radius 2 is 1.72 bits per heavy atom. The number of anilines is 1. The molecule has 0 atom stereocenters. The van der Waals surface area contributed by atoms with Gasteiger partial charge in [0.2, 0.25) is 0 Å². The fraction of sp³-hybridized carbons (Fsp3) is 0.208. The third-order valence-corrected chi connectivity index (χ3v) is 7.40. The van der Waals surface area contributed by atoms with E-state index in [-0.39, 0.29) is 5.75 Å². The summed E-state index contributed by atoms with van der Waals surface area (Å²) in [5.41, 5.74) is 7.31. The molecule has 8 heteroatoms. The number of nitrogens with one attached hydrogen (secondary N) is 1. The van der Waals surface area contributed by atoms with Crippen LogP contribution >= 0.6 is 0 Å². The van der Waals surface area contributed by atoms with Gasteiger partial charge < -0.3 is 4.57 Å². The van der Waals surface area contributed by atoms with Gasteiger partial charge in [0.1, 0.15) is 6.33 Å². The number of benzene rings is 2. The van der Waals surface area contributed by atoms with Gasteiger partial charge in [-0.15, -0.1) is 10.2 Å². The Morgan fingerprint density at radius 3 is 2.41 bits per heavy atom. The van der Waals surface area contributed by atoms with Crippen molar-refractivity contribution in [2.45, 2.75) is 30.7 Å². The van der Waals surface area contributed by atoms with E-state index in [9.17, 15) is 8.42 Å². The van der Waals surface area contributed by atoms with Crippen LogP contribution in [0.2, 0.25) is 0 Å². The third kappa shape index (κ3) is 4.13. The topological polar surface area (TPSA) is 80.8 Å². The second-order valence-electron chi connectivity index (χ2n) is 7.91. The van der Waals surface area contributed by atoms with E-state index in [0.29, 0.717) is 10.9 Å². The van der Waals surface area contributed by atoms with Crippen molar-refractivity contribution in [3.05, 3.63) is 79.4 Å². The second-order valence-corrected chi connectivity index (χ2v) is 10.2. The summed E-state index contributed by atoms with van der Waals surface area (Å²) in [5, 5.41) is 8.40. The molecule has 2 heterocycles. The zero-order chi connectivity index (χ0) is 22.1. The maximum Gasteiger partial charge on any atom is 0.200 e. The van der Waals surface area contributed by atoms with E-state index in [1.807, 2.05) is 65.9 Å². The summed E-state index contributed by atoms with van der Waals surface area (Å²) in [4.78, 5) is 0.355. The van der Waals surface area contributed by atoms with Gasteiger partial charge in [0.05, 0.1) is 16.3 Å². The molecule has 5 rings (SSSR count). The van der Waals surface area contributed by atoms with E-state index in [4.69, 9.17) is 0 Å². The lowest BCUT2D eigenvalue weighted by Crippen LogP contribution is -2.41. The highest BCUT2D eigenvalue weighted by atomic mass is 32.2. The van der Waals surface area contributed by atoms with E-state index in [0.717, 1.165) is 28.2 Å². The van der Waals surface area contributed by atoms with E-state index >= 15 is 0 Å². The zero-order valence-corrected chi connectivity index (χ0v) is 18.5. The van der Waals surface area contributed by atoms with E-state index in [1.54, 1.807) is 19.1 Å². The molecule has 1 aliphatic rings. The molecule has 1 aliphatic carbocycles. The Kier molecular flexibility index (Phi) is 5.22. The van der Waals surface area contributed by atoms with Gasteiger partial charge in [0, 0.05) is 23.7 Å². The standard InChI is InChI=1S/C24H24N5O2S/c1-2-32(30,31)23-10-6-18(7-11-23)19-12-14-28(15-13-19)27-21-5-3-4-20(16-21)24-26-25-17-29(24)22-8-9-22/h3-7,10-17,22,27H,2,8-9H2,1H3/q+1. The fourth-order valence-electron chi connectivity index (χ4n) is 3.66. The minimum Gasteiger partial charge on any atom is -0.310 e. The summed E-state index contributed by atoms with van der Waals surface area (Å²) in [5.74, 6) is 0.994. The fourth-order valence-corrected chi connectivity index (χ4v) is 4.55. The lowest BCUT2D eigenvalue weighted by Gasteiger charge is -2.07. The summed E-state index contributed by atoms with van der Waals surface area (Å²) in [6, 6.07) is 19.6. The SMILES string of the molecule is CCS(=O)(=O)c1ccc(-c2cc[n+](Nc3cccc(-c4nncn4C4CC4)c3)cc2)cc1. The Hall–Kier alpha value is -3.52. The van der Waals surface area contributed by atoms with Crippen LogP contribution in [0.15, 0.2) is 84.3 Å². The number of aromatic nitrogens is 4. The monoisotopic (exact) mass is 446 g/mol. The van der Waals surface area contributed by atoms with Gasteiger partial charge in [-0.1, -0.05) is 35.9 Å². The Morgan fingerprint density at radius 1 is 1.00 bits per heavy atom. The van der Waals surface area contributed by atoms with Crippen molar-refractivity contribution in [3.63, 3.8) is 0 Å². The molecule has 0 bridgehead atoms. The second kappa shape index (κ2) is 8.20. The largest absolute Gasteiger partial charge is 0.310 e. The lowest BCUT2D eigenvalue weighted by atomic mass is 10.1. The Balaban J connectivity index is 1.33. The van der Waals surface area contributed by atoms with Crippen molar-refractivity contribution < 1.29 is 13.1 Å². The van der Waals surface area contributed by atoms with Crippen LogP contribution in [0, 0.1) is 0 Å². The minimum absolute atomic E-state index is 0.101. The average Bonchev–Trinajstić information content (AvgIpc) is 3.56. The van der Waals surface area contributed by atoms with Gasteiger partial charge >= 0.3 is 0 Å². The van der Waals surface area contributed by atoms with E-state index < -0.39 is 9.84 Å². The van der Waals surface area contributed by atoms with E-state index in [1.165, 1.54) is 12.8 Å². The molecule has 162 valence electrons. The molecule has 0 amide bonds. The molecular weight excluding hydrogens is 422 g/mol. The summed E-state index contributed by atoms with van der Waals surface area (Å²) in [7, 11) is -3.19. The van der Waals surface area contributed by atoms with Crippen LogP contribution in [0.25, 0.3) is 22.5 Å². The molecule has 1 N–H and O–H groups in total. The van der Waals surface area contributed by atoms with Gasteiger partial charge in [-0.3, -0.25) is 0 Å². The molecule has 0 unspecified atom stereocenters. The van der Waals surface area contributed by atoms with Crippen LogP contribution in [0.1, 0.15) is 25.8 Å². The molecule has 4 aromatic rings. The smallest absolute Gasteiger partial charge is 0.200 e. The third-order valence-electron chi connectivity index (χ3n) is 5.65. The molecule has 1 saturated carbocycles. The van der Waals surface area contributed by atoms with Crippen molar-refractivity contribution in [1.82, 2.24) is 14.8 Å². The maximum atomic E-state index is 12.0. The molecular formula is C24H24N5O2S+. The molecule has 1 fully saturated rings. The molecule has 0 saturated heterocycles. The van der Waals surface area contributed by atoms with Crippen molar-refractivity contribution in [2.75, 3.05) is 11.2 Å². The normalized spacial score (nSPS) is 13.8. The van der Waals surface area contributed by atoms with Crippen molar-refractivity contribution in [3.8, 4) is 22.5 Å². The van der Waals surface area contributed by atoms with Gasteiger partial charge in [0.25, 0.3) is 0 Å². The highest BCUT2D eigenvalue weighted by molar-refractivity contribution is 7.91. The molecule has 7 nitrogen and oxygen atoms in total. The predicted molar refractivity (Wildman–Crippen MR) is 123 cm³/mol. The quantitative estimate of drug-likeness (QED) is 0.436. The predicted octanol–water partition coefficient (Wildman–Crippen LogP) is 3.90. The molecule has 0 aliphatic heterocycles. The van der Waals surface area contributed by atoms with Gasteiger partial charge in [-0.25, -0.2) is 8.42 Å². The highest BCUT2D eigenvalue weighted by Crippen LogP contribution is 2.37. The highest BCUT2D eigenvalue weighted by Gasteiger charge is 2.26. The first-order chi connectivity index (χ1) is 15.5. The van der Waals surface area contributed by atoms with Crippen LogP contribution in [-0.2, 0) is 9.84 Å². The lowest BCUT2D eigenvalue weighted by molar-refractivity contribution is -0.642. The molecule has 0 spiro atoms. The summed E-state index contributed by atoms with van der Waals surface area (Å²) in [6.45, 7) is 1.65. The van der Waals surface area contributed by atoms with Crippen molar-refractivity contribution in [1.29, 1.82) is 0 Å². The maximum absolute atomic E-state index is 12.0. The number of pyridine rings is 1. The minimum atomic E-state index is -3.19. The number of hydrogen-bond donors (Lipinski definition) is 1. The summed E-state index contributed by atoms with van der Waals surface area (Å²) in [6.07, 6.45) is 8.05. The first-order valence-corrected chi connectivity index (χ1v) is 12.3. The summed E-state index contributed by atoms with van der Waals surface area (Å²) < 4.78 is 28.0. The van der Waals surface area contributed by atoms with Crippen LogP contribution in [0.3, 0.4) is 0 Å². The van der Waals surface area contributed by atoms with Gasteiger partial charge in [-0.2, -0.15) is 5.43 Å². The summed E-state index contributed by atoms with van der Waals surface area (Å²) >= 11 is 0. The molecule has 32 heavy (non-hydrogen) atoms. The average molecular weight is 447 g/mol. The Labute approximate surface area is 187 Å². The number of nitrogens with zero attached hydrogens (tertiary/aromatic N) is 4. The Bertz CT molecular complexity index is 1340. The zero-order valence-electron chi connectivity index (χ0n) is 17.7. The van der Waals surface area contributed by atoms with Crippen molar-refractivity contribution in [2.24, 2.45) is 0 Å². The van der Waals surface area contributed by atoms with E-state index in [2.05, 4.69) is 26.3 Å². The molecule has 2 aromatic carbocycles. The first kappa shape index (κ1) is 20.4. The first-order valence-electron chi connectivity index (χ1n) is 10.6.